The molecular weight excluding hydrogens is 176 g/mol. The molecule has 0 bridgehead atoms. The van der Waals surface area contributed by atoms with Crippen molar-refractivity contribution in [3.8, 4) is 5.88 Å². The molecule has 0 atom stereocenters. The summed E-state index contributed by atoms with van der Waals surface area (Å²) in [7, 11) is 0. The van der Waals surface area contributed by atoms with E-state index in [1.54, 1.807) is 12.5 Å². The molecule has 3 heteroatoms. The van der Waals surface area contributed by atoms with E-state index in [2.05, 4.69) is 16.9 Å². The molecule has 14 heavy (non-hydrogen) atoms. The van der Waals surface area contributed by atoms with Crippen LogP contribution in [0.5, 0.6) is 5.88 Å². The van der Waals surface area contributed by atoms with E-state index in [1.807, 2.05) is 0 Å². The van der Waals surface area contributed by atoms with Crippen molar-refractivity contribution in [2.24, 2.45) is 0 Å². The zero-order valence-corrected chi connectivity index (χ0v) is 8.96. The Bertz CT molecular complexity index is 209. The molecule has 0 saturated heterocycles. The lowest BCUT2D eigenvalue weighted by Gasteiger charge is -2.02. The van der Waals surface area contributed by atoms with Crippen LogP contribution >= 0.6 is 0 Å². The van der Waals surface area contributed by atoms with Gasteiger partial charge >= 0.3 is 0 Å². The Labute approximate surface area is 85.9 Å². The van der Waals surface area contributed by atoms with Gasteiger partial charge in [-0.05, 0) is 6.42 Å². The SMILES string of the molecule is CCCCCCCCOc1c[nH]cn1. The number of imidazole rings is 1. The predicted octanol–water partition coefficient (Wildman–Crippen LogP) is 3.15. The molecule has 1 rings (SSSR count). The van der Waals surface area contributed by atoms with E-state index in [4.69, 9.17) is 4.74 Å². The van der Waals surface area contributed by atoms with Gasteiger partial charge in [0.1, 0.15) is 0 Å². The van der Waals surface area contributed by atoms with Crippen LogP contribution in [-0.4, -0.2) is 16.6 Å². The zero-order valence-electron chi connectivity index (χ0n) is 8.96. The van der Waals surface area contributed by atoms with Crippen LogP contribution in [-0.2, 0) is 0 Å². The number of hydrogen-bond acceptors (Lipinski definition) is 2. The molecule has 0 fully saturated rings. The zero-order chi connectivity index (χ0) is 10.1. The van der Waals surface area contributed by atoms with Gasteiger partial charge < -0.3 is 9.72 Å². The van der Waals surface area contributed by atoms with E-state index in [9.17, 15) is 0 Å². The predicted molar refractivity (Wildman–Crippen MR) is 57.5 cm³/mol. The molecule has 1 aromatic rings. The molecule has 1 N–H and O–H groups in total. The van der Waals surface area contributed by atoms with E-state index in [1.165, 1.54) is 32.1 Å². The van der Waals surface area contributed by atoms with Gasteiger partial charge in [-0.2, -0.15) is 0 Å². The maximum absolute atomic E-state index is 5.41. The minimum atomic E-state index is 0.707. The standard InChI is InChI=1S/C11H20N2O/c1-2-3-4-5-6-7-8-14-11-9-12-10-13-11/h9-10H,2-8H2,1H3,(H,12,13). The minimum absolute atomic E-state index is 0.707. The fourth-order valence-corrected chi connectivity index (χ4v) is 1.38. The molecule has 0 aliphatic rings. The average molecular weight is 196 g/mol. The highest BCUT2D eigenvalue weighted by atomic mass is 16.5. The van der Waals surface area contributed by atoms with Crippen molar-refractivity contribution in [3.05, 3.63) is 12.5 Å². The lowest BCUT2D eigenvalue weighted by Crippen LogP contribution is -1.97. The molecule has 80 valence electrons. The maximum atomic E-state index is 5.41. The van der Waals surface area contributed by atoms with Gasteiger partial charge in [0.2, 0.25) is 5.88 Å². The summed E-state index contributed by atoms with van der Waals surface area (Å²) in [5.41, 5.74) is 0. The molecule has 1 heterocycles. The first-order valence-electron chi connectivity index (χ1n) is 5.55. The van der Waals surface area contributed by atoms with E-state index < -0.39 is 0 Å². The summed E-state index contributed by atoms with van der Waals surface area (Å²) in [6.45, 7) is 3.03. The smallest absolute Gasteiger partial charge is 0.231 e. The van der Waals surface area contributed by atoms with E-state index in [-0.39, 0.29) is 0 Å². The van der Waals surface area contributed by atoms with Crippen molar-refractivity contribution in [1.82, 2.24) is 9.97 Å². The second-order valence-electron chi connectivity index (χ2n) is 3.52. The molecular formula is C11H20N2O. The van der Waals surface area contributed by atoms with Crippen LogP contribution in [0, 0.1) is 0 Å². The van der Waals surface area contributed by atoms with Crippen molar-refractivity contribution in [2.45, 2.75) is 45.4 Å². The maximum Gasteiger partial charge on any atom is 0.231 e. The van der Waals surface area contributed by atoms with Gasteiger partial charge in [-0.1, -0.05) is 39.0 Å². The molecule has 0 radical (unpaired) electrons. The summed E-state index contributed by atoms with van der Waals surface area (Å²) in [6.07, 6.45) is 11.2. The minimum Gasteiger partial charge on any atom is -0.477 e. The average Bonchev–Trinajstić information content (AvgIpc) is 2.69. The number of H-pyrrole nitrogens is 1. The van der Waals surface area contributed by atoms with Gasteiger partial charge in [0, 0.05) is 0 Å². The highest BCUT2D eigenvalue weighted by Crippen LogP contribution is 2.07. The fourth-order valence-electron chi connectivity index (χ4n) is 1.38. The van der Waals surface area contributed by atoms with Crippen LogP contribution < -0.4 is 4.74 Å². The van der Waals surface area contributed by atoms with E-state index >= 15 is 0 Å². The first-order chi connectivity index (χ1) is 6.93. The van der Waals surface area contributed by atoms with E-state index in [0.717, 1.165) is 13.0 Å². The molecule has 0 saturated carbocycles. The number of nitrogens with one attached hydrogen (secondary N) is 1. The quantitative estimate of drug-likeness (QED) is 0.648. The van der Waals surface area contributed by atoms with Gasteiger partial charge in [0.25, 0.3) is 0 Å². The van der Waals surface area contributed by atoms with Gasteiger partial charge in [-0.3, -0.25) is 0 Å². The van der Waals surface area contributed by atoms with Crippen molar-refractivity contribution in [2.75, 3.05) is 6.61 Å². The third-order valence-corrected chi connectivity index (χ3v) is 2.22. The van der Waals surface area contributed by atoms with E-state index in [0.29, 0.717) is 5.88 Å². The second-order valence-corrected chi connectivity index (χ2v) is 3.52. The Morgan fingerprint density at radius 1 is 1.21 bits per heavy atom. The summed E-state index contributed by atoms with van der Waals surface area (Å²) >= 11 is 0. The summed E-state index contributed by atoms with van der Waals surface area (Å²) in [5, 5.41) is 0. The molecule has 0 unspecified atom stereocenters. The number of ether oxygens (including phenoxy) is 1. The van der Waals surface area contributed by atoms with Gasteiger partial charge in [-0.15, -0.1) is 0 Å². The number of nitrogens with zero attached hydrogens (tertiary/aromatic N) is 1. The van der Waals surface area contributed by atoms with Crippen molar-refractivity contribution < 1.29 is 4.74 Å². The number of unbranched alkanes of at least 4 members (excludes halogenated alkanes) is 5. The number of aromatic nitrogens is 2. The van der Waals surface area contributed by atoms with Crippen molar-refractivity contribution in [1.29, 1.82) is 0 Å². The molecule has 0 amide bonds. The monoisotopic (exact) mass is 196 g/mol. The largest absolute Gasteiger partial charge is 0.477 e. The van der Waals surface area contributed by atoms with Crippen molar-refractivity contribution >= 4 is 0 Å². The topological polar surface area (TPSA) is 37.9 Å². The first-order valence-corrected chi connectivity index (χ1v) is 5.55. The molecule has 0 aromatic carbocycles. The molecule has 1 aromatic heterocycles. The highest BCUT2D eigenvalue weighted by molar-refractivity contribution is 5.00. The summed E-state index contributed by atoms with van der Waals surface area (Å²) in [5.74, 6) is 0.707. The Morgan fingerprint density at radius 2 is 2.00 bits per heavy atom. The van der Waals surface area contributed by atoms with Crippen LogP contribution in [0.15, 0.2) is 12.5 Å². The summed E-state index contributed by atoms with van der Waals surface area (Å²) in [4.78, 5) is 6.85. The highest BCUT2D eigenvalue weighted by Gasteiger charge is 1.94. The number of rotatable bonds is 8. The Balaban J connectivity index is 1.85. The van der Waals surface area contributed by atoms with Crippen LogP contribution in [0.2, 0.25) is 0 Å². The summed E-state index contributed by atoms with van der Waals surface area (Å²) < 4.78 is 5.41. The van der Waals surface area contributed by atoms with Gasteiger partial charge in [0.05, 0.1) is 19.1 Å². The Hall–Kier alpha value is -0.990. The first kappa shape index (κ1) is 11.1. The van der Waals surface area contributed by atoms with Gasteiger partial charge in [0.15, 0.2) is 0 Å². The lowest BCUT2D eigenvalue weighted by molar-refractivity contribution is 0.294. The third-order valence-electron chi connectivity index (χ3n) is 2.22. The van der Waals surface area contributed by atoms with Crippen LogP contribution in [0.3, 0.4) is 0 Å². The second kappa shape index (κ2) is 7.42. The lowest BCUT2D eigenvalue weighted by atomic mass is 10.1. The third kappa shape index (κ3) is 4.90. The fraction of sp³-hybridized carbons (Fsp3) is 0.727. The molecule has 3 nitrogen and oxygen atoms in total. The van der Waals surface area contributed by atoms with Crippen molar-refractivity contribution in [3.63, 3.8) is 0 Å². The normalized spacial score (nSPS) is 10.4. The number of aromatic amines is 1. The van der Waals surface area contributed by atoms with Crippen LogP contribution in [0.4, 0.5) is 0 Å². The number of hydrogen-bond donors (Lipinski definition) is 1. The molecule has 0 aliphatic carbocycles. The van der Waals surface area contributed by atoms with Crippen LogP contribution in [0.1, 0.15) is 45.4 Å². The molecule has 0 aliphatic heterocycles. The van der Waals surface area contributed by atoms with Crippen LogP contribution in [0.25, 0.3) is 0 Å². The van der Waals surface area contributed by atoms with Gasteiger partial charge in [-0.25, -0.2) is 4.98 Å². The Kier molecular flexibility index (Phi) is 5.87. The molecule has 0 spiro atoms. The Morgan fingerprint density at radius 3 is 2.71 bits per heavy atom. The summed E-state index contributed by atoms with van der Waals surface area (Å²) in [6, 6.07) is 0.